The number of aryl methyl sites for hydroxylation is 1. The van der Waals surface area contributed by atoms with Gasteiger partial charge >= 0.3 is 0 Å². The third-order valence-corrected chi connectivity index (χ3v) is 7.36. The molecule has 0 saturated carbocycles. The molecule has 0 aliphatic carbocycles. The number of anilines is 1. The molecule has 1 aliphatic rings. The van der Waals surface area contributed by atoms with Gasteiger partial charge in [0.25, 0.3) is 5.56 Å². The first-order valence-electron chi connectivity index (χ1n) is 12.7. The van der Waals surface area contributed by atoms with E-state index in [9.17, 15) is 4.79 Å². The first kappa shape index (κ1) is 24.4. The van der Waals surface area contributed by atoms with Crippen molar-refractivity contribution in [2.75, 3.05) is 31.2 Å². The molecule has 0 amide bonds. The highest BCUT2D eigenvalue weighted by molar-refractivity contribution is 6.34. The fourth-order valence-corrected chi connectivity index (χ4v) is 5.21. The molecular weight excluding hydrogens is 498 g/mol. The molecule has 8 heteroatoms. The maximum atomic E-state index is 13.3. The van der Waals surface area contributed by atoms with Crippen molar-refractivity contribution in [3.63, 3.8) is 0 Å². The van der Waals surface area contributed by atoms with Gasteiger partial charge in [0.1, 0.15) is 5.69 Å². The fraction of sp³-hybridized carbons (Fsp3) is 0.233. The van der Waals surface area contributed by atoms with E-state index in [0.29, 0.717) is 29.2 Å². The summed E-state index contributed by atoms with van der Waals surface area (Å²) in [6, 6.07) is 22.3. The predicted octanol–water partition coefficient (Wildman–Crippen LogP) is 4.93. The second-order valence-corrected chi connectivity index (χ2v) is 10.0. The van der Waals surface area contributed by atoms with Crippen LogP contribution in [0.2, 0.25) is 5.02 Å². The SMILES string of the molecule is Cn1c(=O)c(Cc2ccc(N3CCOCC3)cc2)nc2cc(Cl)c(-c3cnn(Cc4ccccc4)c3)cc21. The minimum Gasteiger partial charge on any atom is -0.378 e. The Morgan fingerprint density at radius 3 is 2.50 bits per heavy atom. The molecule has 38 heavy (non-hydrogen) atoms. The minimum absolute atomic E-state index is 0.109. The number of morpholine rings is 1. The van der Waals surface area contributed by atoms with Crippen molar-refractivity contribution in [3.8, 4) is 11.1 Å². The van der Waals surface area contributed by atoms with E-state index < -0.39 is 0 Å². The number of rotatable bonds is 6. The fourth-order valence-electron chi connectivity index (χ4n) is 4.94. The summed E-state index contributed by atoms with van der Waals surface area (Å²) < 4.78 is 8.99. The number of aromatic nitrogens is 4. The van der Waals surface area contributed by atoms with E-state index in [2.05, 4.69) is 46.4 Å². The summed E-state index contributed by atoms with van der Waals surface area (Å²) in [6.07, 6.45) is 4.23. The van der Waals surface area contributed by atoms with E-state index in [1.165, 1.54) is 11.3 Å². The van der Waals surface area contributed by atoms with E-state index >= 15 is 0 Å². The van der Waals surface area contributed by atoms with Gasteiger partial charge in [0.2, 0.25) is 0 Å². The normalized spacial score (nSPS) is 13.8. The maximum absolute atomic E-state index is 13.3. The molecule has 1 aliphatic heterocycles. The molecular formula is C30H28ClN5O2. The smallest absolute Gasteiger partial charge is 0.272 e. The molecule has 3 heterocycles. The van der Waals surface area contributed by atoms with Crippen LogP contribution in [-0.2, 0) is 24.8 Å². The average molecular weight is 526 g/mol. The molecule has 2 aromatic heterocycles. The molecule has 6 rings (SSSR count). The average Bonchev–Trinajstić information content (AvgIpc) is 3.41. The standard InChI is InChI=1S/C30H28ClN5O2/c1-34-29-16-25(23-18-32-36(20-23)19-22-5-3-2-4-6-22)26(31)17-27(29)33-28(30(34)37)15-21-7-9-24(10-8-21)35-11-13-38-14-12-35/h2-10,16-18,20H,11-15,19H2,1H3. The monoisotopic (exact) mass is 525 g/mol. The molecule has 0 N–H and O–H groups in total. The Kier molecular flexibility index (Phi) is 6.70. The van der Waals surface area contributed by atoms with Gasteiger partial charge in [0.05, 0.1) is 42.0 Å². The lowest BCUT2D eigenvalue weighted by Gasteiger charge is -2.28. The van der Waals surface area contributed by atoms with E-state index in [4.69, 9.17) is 21.3 Å². The molecule has 0 atom stereocenters. The molecule has 0 spiro atoms. The Bertz CT molecular complexity index is 1640. The molecule has 0 bridgehead atoms. The zero-order chi connectivity index (χ0) is 26.1. The van der Waals surface area contributed by atoms with Crippen molar-refractivity contribution in [2.45, 2.75) is 13.0 Å². The number of hydrogen-bond acceptors (Lipinski definition) is 5. The number of halogens is 1. The number of ether oxygens (including phenoxy) is 1. The van der Waals surface area contributed by atoms with Crippen molar-refractivity contribution in [2.24, 2.45) is 7.05 Å². The largest absolute Gasteiger partial charge is 0.378 e. The third-order valence-electron chi connectivity index (χ3n) is 7.05. The van der Waals surface area contributed by atoms with Crippen molar-refractivity contribution in [3.05, 3.63) is 111 Å². The first-order valence-corrected chi connectivity index (χ1v) is 13.1. The molecule has 7 nitrogen and oxygen atoms in total. The second kappa shape index (κ2) is 10.4. The summed E-state index contributed by atoms with van der Waals surface area (Å²) in [5.74, 6) is 0. The lowest BCUT2D eigenvalue weighted by Crippen LogP contribution is -2.36. The number of benzene rings is 3. The third kappa shape index (κ3) is 4.95. The Morgan fingerprint density at radius 1 is 0.974 bits per heavy atom. The summed E-state index contributed by atoms with van der Waals surface area (Å²) in [5.41, 5.74) is 6.91. The Labute approximate surface area is 225 Å². The van der Waals surface area contributed by atoms with E-state index in [1.54, 1.807) is 17.8 Å². The van der Waals surface area contributed by atoms with Crippen LogP contribution in [0.1, 0.15) is 16.8 Å². The van der Waals surface area contributed by atoms with Crippen LogP contribution in [0.5, 0.6) is 0 Å². The van der Waals surface area contributed by atoms with Crippen LogP contribution in [0.15, 0.2) is 83.9 Å². The number of hydrogen-bond donors (Lipinski definition) is 0. The highest BCUT2D eigenvalue weighted by Crippen LogP contribution is 2.31. The van der Waals surface area contributed by atoms with Crippen LogP contribution < -0.4 is 10.5 Å². The minimum atomic E-state index is -0.109. The van der Waals surface area contributed by atoms with Gasteiger partial charge in [0.15, 0.2) is 0 Å². The van der Waals surface area contributed by atoms with Gasteiger partial charge in [-0.1, -0.05) is 54.1 Å². The van der Waals surface area contributed by atoms with Crippen molar-refractivity contribution in [1.82, 2.24) is 19.3 Å². The first-order chi connectivity index (χ1) is 18.5. The molecule has 0 unspecified atom stereocenters. The second-order valence-electron chi connectivity index (χ2n) is 9.60. The Hall–Kier alpha value is -3.94. The van der Waals surface area contributed by atoms with Crippen molar-refractivity contribution >= 4 is 28.3 Å². The van der Waals surface area contributed by atoms with Gasteiger partial charge in [-0.15, -0.1) is 0 Å². The Balaban J connectivity index is 1.27. The van der Waals surface area contributed by atoms with E-state index in [1.807, 2.05) is 41.2 Å². The molecule has 5 aromatic rings. The lowest BCUT2D eigenvalue weighted by atomic mass is 10.1. The summed E-state index contributed by atoms with van der Waals surface area (Å²) in [5, 5.41) is 5.08. The van der Waals surface area contributed by atoms with Crippen molar-refractivity contribution < 1.29 is 4.74 Å². The molecule has 1 fully saturated rings. The predicted molar refractivity (Wildman–Crippen MR) is 151 cm³/mol. The highest BCUT2D eigenvalue weighted by atomic mass is 35.5. The zero-order valence-electron chi connectivity index (χ0n) is 21.2. The molecule has 1 saturated heterocycles. The van der Waals surface area contributed by atoms with Crippen molar-refractivity contribution in [1.29, 1.82) is 0 Å². The van der Waals surface area contributed by atoms with Gasteiger partial charge in [-0.2, -0.15) is 5.10 Å². The van der Waals surface area contributed by atoms with Gasteiger partial charge < -0.3 is 14.2 Å². The van der Waals surface area contributed by atoms with Crippen LogP contribution in [0, 0.1) is 0 Å². The van der Waals surface area contributed by atoms with E-state index in [-0.39, 0.29) is 5.56 Å². The van der Waals surface area contributed by atoms with Gasteiger partial charge in [-0.05, 0) is 35.4 Å². The van der Waals surface area contributed by atoms with Gasteiger partial charge in [-0.3, -0.25) is 9.48 Å². The Morgan fingerprint density at radius 2 is 1.74 bits per heavy atom. The summed E-state index contributed by atoms with van der Waals surface area (Å²) in [6.45, 7) is 3.95. The zero-order valence-corrected chi connectivity index (χ0v) is 21.9. The summed E-state index contributed by atoms with van der Waals surface area (Å²) >= 11 is 6.73. The topological polar surface area (TPSA) is 65.2 Å². The summed E-state index contributed by atoms with van der Waals surface area (Å²) in [7, 11) is 1.79. The van der Waals surface area contributed by atoms with Crippen LogP contribution in [0.4, 0.5) is 5.69 Å². The van der Waals surface area contributed by atoms with Crippen LogP contribution in [0.25, 0.3) is 22.2 Å². The van der Waals surface area contributed by atoms with Crippen LogP contribution >= 0.6 is 11.6 Å². The summed E-state index contributed by atoms with van der Waals surface area (Å²) in [4.78, 5) is 20.3. The van der Waals surface area contributed by atoms with E-state index in [0.717, 1.165) is 48.5 Å². The molecule has 3 aromatic carbocycles. The quantitative estimate of drug-likeness (QED) is 0.314. The molecule has 192 valence electrons. The number of nitrogens with zero attached hydrogens (tertiary/aromatic N) is 5. The van der Waals surface area contributed by atoms with Crippen LogP contribution in [0.3, 0.4) is 0 Å². The number of fused-ring (bicyclic) bond motifs is 1. The van der Waals surface area contributed by atoms with Gasteiger partial charge in [0, 0.05) is 49.6 Å². The maximum Gasteiger partial charge on any atom is 0.272 e. The lowest BCUT2D eigenvalue weighted by molar-refractivity contribution is 0.122. The highest BCUT2D eigenvalue weighted by Gasteiger charge is 2.15. The van der Waals surface area contributed by atoms with Gasteiger partial charge in [-0.25, -0.2) is 4.98 Å². The van der Waals surface area contributed by atoms with Crippen LogP contribution in [-0.4, -0.2) is 45.6 Å². The molecule has 0 radical (unpaired) electrons.